The number of aliphatic hydroxyl groups is 2. The molecule has 2 radical (unpaired) electrons. The van der Waals surface area contributed by atoms with E-state index in [9.17, 15) is 0 Å². The van der Waals surface area contributed by atoms with Crippen molar-refractivity contribution in [3.8, 4) is 0 Å². The van der Waals surface area contributed by atoms with Crippen LogP contribution in [0.4, 0.5) is 0 Å². The van der Waals surface area contributed by atoms with Crippen molar-refractivity contribution in [2.24, 2.45) is 0 Å². The normalized spacial score (nSPS) is 10.5. The minimum absolute atomic E-state index is 0.207. The topological polar surface area (TPSA) is 40.5 Å². The standard InChI is InChI=1S/C9H13B.C6H14O2.2C2H6/c1-4-5-9(7-10)6-8(2)3;1-6(8)4-2-3-5-7;2*1-2/h4-6H,1,7H2,2-3H3;6-8H,2-5H2,1H3;2*1-2H3/b9-5+;;;. The van der Waals surface area contributed by atoms with Gasteiger partial charge in [0.15, 0.2) is 0 Å². The molecule has 0 aliphatic rings. The van der Waals surface area contributed by atoms with Crippen LogP contribution >= 0.6 is 0 Å². The average Bonchev–Trinajstić information content (AvgIpc) is 2.51. The Morgan fingerprint density at radius 3 is 1.91 bits per heavy atom. The molecule has 0 aromatic rings. The predicted molar refractivity (Wildman–Crippen MR) is 104 cm³/mol. The maximum Gasteiger partial charge on any atom is 0.0716 e. The molecular formula is C19H39BO2. The summed E-state index contributed by atoms with van der Waals surface area (Å²) in [5, 5.41) is 17.0. The Kier molecular flexibility index (Phi) is 37.7. The number of unbranched alkanes of at least 4 members (excludes halogenated alkanes) is 1. The number of rotatable bonds is 7. The van der Waals surface area contributed by atoms with Gasteiger partial charge in [-0.2, -0.15) is 0 Å². The molecule has 2 nitrogen and oxygen atoms in total. The zero-order valence-electron chi connectivity index (χ0n) is 16.0. The third-order valence-corrected chi connectivity index (χ3v) is 2.07. The summed E-state index contributed by atoms with van der Waals surface area (Å²) in [4.78, 5) is 0. The molecule has 1 unspecified atom stereocenters. The Bertz CT molecular complexity index is 249. The molecule has 0 saturated carbocycles. The van der Waals surface area contributed by atoms with Crippen molar-refractivity contribution in [2.45, 2.75) is 80.2 Å². The molecule has 0 aromatic heterocycles. The van der Waals surface area contributed by atoms with Gasteiger partial charge in [0.2, 0.25) is 0 Å². The summed E-state index contributed by atoms with van der Waals surface area (Å²) in [6.45, 7) is 17.7. The van der Waals surface area contributed by atoms with Gasteiger partial charge in [-0.25, -0.2) is 0 Å². The quantitative estimate of drug-likeness (QED) is 0.384. The van der Waals surface area contributed by atoms with Crippen molar-refractivity contribution in [3.05, 3.63) is 36.0 Å². The summed E-state index contributed by atoms with van der Waals surface area (Å²) in [5.41, 5.74) is 2.38. The highest BCUT2D eigenvalue weighted by atomic mass is 16.3. The fourth-order valence-electron chi connectivity index (χ4n) is 1.25. The Labute approximate surface area is 141 Å². The van der Waals surface area contributed by atoms with Crippen molar-refractivity contribution in [3.63, 3.8) is 0 Å². The summed E-state index contributed by atoms with van der Waals surface area (Å²) in [5.74, 6) is 0. The van der Waals surface area contributed by atoms with Gasteiger partial charge in [-0.1, -0.05) is 70.0 Å². The first kappa shape index (κ1) is 29.2. The molecule has 0 heterocycles. The van der Waals surface area contributed by atoms with E-state index in [2.05, 4.69) is 12.7 Å². The first-order valence-electron chi connectivity index (χ1n) is 8.43. The second-order valence-electron chi connectivity index (χ2n) is 4.47. The molecule has 22 heavy (non-hydrogen) atoms. The summed E-state index contributed by atoms with van der Waals surface area (Å²) >= 11 is 0. The van der Waals surface area contributed by atoms with Crippen LogP contribution in [0.1, 0.15) is 67.7 Å². The molecule has 0 aliphatic heterocycles. The number of allylic oxidation sites excluding steroid dienone is 5. The zero-order chi connectivity index (χ0) is 18.4. The second-order valence-corrected chi connectivity index (χ2v) is 4.47. The van der Waals surface area contributed by atoms with Crippen LogP contribution in [-0.2, 0) is 0 Å². The van der Waals surface area contributed by atoms with Crippen LogP contribution < -0.4 is 0 Å². The smallest absolute Gasteiger partial charge is 0.0716 e. The van der Waals surface area contributed by atoms with E-state index < -0.39 is 0 Å². The van der Waals surface area contributed by atoms with Crippen LogP contribution in [-0.4, -0.2) is 30.8 Å². The van der Waals surface area contributed by atoms with Gasteiger partial charge in [0.1, 0.15) is 0 Å². The average molecular weight is 310 g/mol. The van der Waals surface area contributed by atoms with Gasteiger partial charge in [0.05, 0.1) is 14.0 Å². The van der Waals surface area contributed by atoms with Crippen molar-refractivity contribution in [1.29, 1.82) is 0 Å². The summed E-state index contributed by atoms with van der Waals surface area (Å²) in [6, 6.07) is 0. The van der Waals surface area contributed by atoms with Crippen LogP contribution in [0, 0.1) is 0 Å². The summed E-state index contributed by atoms with van der Waals surface area (Å²) in [7, 11) is 5.45. The molecule has 130 valence electrons. The Morgan fingerprint density at radius 1 is 1.14 bits per heavy atom. The van der Waals surface area contributed by atoms with Crippen molar-refractivity contribution in [1.82, 2.24) is 0 Å². The first-order chi connectivity index (χ1) is 10.5. The molecule has 2 N–H and O–H groups in total. The van der Waals surface area contributed by atoms with Crippen molar-refractivity contribution in [2.75, 3.05) is 6.61 Å². The Morgan fingerprint density at radius 2 is 1.64 bits per heavy atom. The van der Waals surface area contributed by atoms with Crippen LogP contribution in [0.5, 0.6) is 0 Å². The molecular weight excluding hydrogens is 271 g/mol. The van der Waals surface area contributed by atoms with Gasteiger partial charge in [0.25, 0.3) is 0 Å². The minimum atomic E-state index is -0.207. The largest absolute Gasteiger partial charge is 0.396 e. The highest BCUT2D eigenvalue weighted by molar-refractivity contribution is 6.10. The molecule has 0 aliphatic carbocycles. The number of hydrogen-bond acceptors (Lipinski definition) is 2. The third-order valence-electron chi connectivity index (χ3n) is 2.07. The lowest BCUT2D eigenvalue weighted by Gasteiger charge is -1.99. The summed E-state index contributed by atoms with van der Waals surface area (Å²) < 4.78 is 0. The molecule has 0 aromatic carbocycles. The van der Waals surface area contributed by atoms with Gasteiger partial charge < -0.3 is 10.2 Å². The number of aliphatic hydroxyl groups excluding tert-OH is 2. The molecule has 0 amide bonds. The number of hydrogen-bond donors (Lipinski definition) is 2. The summed E-state index contributed by atoms with van der Waals surface area (Å²) in [6.07, 6.45) is 8.65. The van der Waals surface area contributed by atoms with E-state index >= 15 is 0 Å². The molecule has 0 saturated heterocycles. The van der Waals surface area contributed by atoms with Crippen molar-refractivity contribution >= 4 is 7.85 Å². The first-order valence-corrected chi connectivity index (χ1v) is 8.43. The minimum Gasteiger partial charge on any atom is -0.396 e. The molecule has 0 rings (SSSR count). The third kappa shape index (κ3) is 36.5. The van der Waals surface area contributed by atoms with E-state index in [-0.39, 0.29) is 12.7 Å². The molecule has 0 spiro atoms. The van der Waals surface area contributed by atoms with Gasteiger partial charge in [0, 0.05) is 6.61 Å². The highest BCUT2D eigenvalue weighted by Crippen LogP contribution is 2.05. The highest BCUT2D eigenvalue weighted by Gasteiger charge is 1.92. The van der Waals surface area contributed by atoms with Crippen LogP contribution in [0.25, 0.3) is 0 Å². The fraction of sp³-hybridized carbons (Fsp3) is 0.684. The van der Waals surface area contributed by atoms with Crippen molar-refractivity contribution < 1.29 is 10.2 Å². The van der Waals surface area contributed by atoms with Gasteiger partial charge in [-0.05, 0) is 40.0 Å². The fourth-order valence-corrected chi connectivity index (χ4v) is 1.25. The maximum absolute atomic E-state index is 8.70. The van der Waals surface area contributed by atoms with Crippen LogP contribution in [0.3, 0.4) is 0 Å². The van der Waals surface area contributed by atoms with E-state index in [0.29, 0.717) is 6.32 Å². The maximum atomic E-state index is 8.70. The Balaban J connectivity index is -0.000000121. The molecule has 1 atom stereocenters. The second kappa shape index (κ2) is 28.4. The molecule has 0 fully saturated rings. The lowest BCUT2D eigenvalue weighted by atomic mass is 9.95. The van der Waals surface area contributed by atoms with E-state index in [0.717, 1.165) is 24.8 Å². The van der Waals surface area contributed by atoms with E-state index in [1.807, 2.05) is 47.6 Å². The van der Waals surface area contributed by atoms with Gasteiger partial charge in [-0.15, -0.1) is 0 Å². The van der Waals surface area contributed by atoms with E-state index in [4.69, 9.17) is 18.1 Å². The monoisotopic (exact) mass is 310 g/mol. The van der Waals surface area contributed by atoms with Gasteiger partial charge >= 0.3 is 0 Å². The van der Waals surface area contributed by atoms with E-state index in [1.165, 1.54) is 5.57 Å². The van der Waals surface area contributed by atoms with Gasteiger partial charge in [-0.3, -0.25) is 0 Å². The predicted octanol–water partition coefficient (Wildman–Crippen LogP) is 5.23. The lowest BCUT2D eigenvalue weighted by Crippen LogP contribution is -1.98. The van der Waals surface area contributed by atoms with Crippen LogP contribution in [0.15, 0.2) is 36.0 Å². The molecule has 0 bridgehead atoms. The zero-order valence-corrected chi connectivity index (χ0v) is 16.0. The lowest BCUT2D eigenvalue weighted by molar-refractivity contribution is 0.175. The SMILES string of the molecule is CC.CC.CC(O)CCCCO.[B]C/C(C=C(C)C)=C/C=C. The Hall–Kier alpha value is -0.795. The van der Waals surface area contributed by atoms with Crippen LogP contribution in [0.2, 0.25) is 6.32 Å². The molecule has 3 heteroatoms. The van der Waals surface area contributed by atoms with E-state index in [1.54, 1.807) is 13.0 Å².